The van der Waals surface area contributed by atoms with E-state index in [1.165, 1.54) is 0 Å². The molecular weight excluding hydrogens is 524 g/mol. The molecule has 0 saturated heterocycles. The molecule has 3 aromatic carbocycles. The zero-order chi connectivity index (χ0) is 24.8. The van der Waals surface area contributed by atoms with Gasteiger partial charge in [-0.05, 0) is 63.5 Å². The van der Waals surface area contributed by atoms with Gasteiger partial charge >= 0.3 is 0 Å². The predicted octanol–water partition coefficient (Wildman–Crippen LogP) is 5.63. The molecule has 1 N–H and O–H groups in total. The quantitative estimate of drug-likeness (QED) is 0.347. The monoisotopic (exact) mass is 546 g/mol. The molecule has 1 aromatic heterocycles. The number of ether oxygens (including phenoxy) is 4. The molecule has 0 bridgehead atoms. The lowest BCUT2D eigenvalue weighted by Crippen LogP contribution is -2.32. The third-order valence-corrected chi connectivity index (χ3v) is 7.14. The number of aromatic nitrogens is 3. The fourth-order valence-electron chi connectivity index (χ4n) is 4.88. The minimum Gasteiger partial charge on any atom is -0.496 e. The highest BCUT2D eigenvalue weighted by Crippen LogP contribution is 2.51. The summed E-state index contributed by atoms with van der Waals surface area (Å²) in [7, 11) is 4.91. The Hall–Kier alpha value is -3.98. The number of anilines is 1. The first-order chi connectivity index (χ1) is 17.6. The number of benzene rings is 3. The second kappa shape index (κ2) is 8.91. The summed E-state index contributed by atoms with van der Waals surface area (Å²) in [6, 6.07) is 19.6. The highest BCUT2D eigenvalue weighted by Gasteiger charge is 2.41. The number of nitrogens with zero attached hydrogens (tertiary/aromatic N) is 3. The SMILES string of the molecule is COc1ccc([C@H]2Oc3ccccc3C3=C2[C@@H](c2ccc(OC)c(OC)c2)n2ncnc2N3)cc1Br. The summed E-state index contributed by atoms with van der Waals surface area (Å²) < 4.78 is 26.0. The van der Waals surface area contributed by atoms with E-state index in [-0.39, 0.29) is 6.04 Å². The van der Waals surface area contributed by atoms with Crippen LogP contribution in [-0.4, -0.2) is 36.1 Å². The molecule has 3 heterocycles. The van der Waals surface area contributed by atoms with Crippen LogP contribution in [0.5, 0.6) is 23.0 Å². The van der Waals surface area contributed by atoms with E-state index in [4.69, 9.17) is 18.9 Å². The van der Waals surface area contributed by atoms with Crippen LogP contribution in [0.1, 0.15) is 28.8 Å². The van der Waals surface area contributed by atoms with Crippen LogP contribution in [0.15, 0.2) is 77.0 Å². The van der Waals surface area contributed by atoms with Crippen LogP contribution in [0, 0.1) is 0 Å². The summed E-state index contributed by atoms with van der Waals surface area (Å²) >= 11 is 3.64. The van der Waals surface area contributed by atoms with E-state index in [1.54, 1.807) is 27.7 Å². The van der Waals surface area contributed by atoms with Crippen molar-refractivity contribution < 1.29 is 18.9 Å². The lowest BCUT2D eigenvalue weighted by atomic mass is 9.84. The van der Waals surface area contributed by atoms with Gasteiger partial charge in [-0.3, -0.25) is 0 Å². The van der Waals surface area contributed by atoms with Gasteiger partial charge in [-0.25, -0.2) is 4.68 Å². The lowest BCUT2D eigenvalue weighted by molar-refractivity contribution is 0.222. The molecule has 36 heavy (non-hydrogen) atoms. The molecule has 9 heteroatoms. The maximum absolute atomic E-state index is 6.68. The van der Waals surface area contributed by atoms with Gasteiger partial charge in [0.1, 0.15) is 30.0 Å². The van der Waals surface area contributed by atoms with Crippen molar-refractivity contribution in [2.24, 2.45) is 0 Å². The largest absolute Gasteiger partial charge is 0.496 e. The topological polar surface area (TPSA) is 79.7 Å². The van der Waals surface area contributed by atoms with E-state index >= 15 is 0 Å². The van der Waals surface area contributed by atoms with Crippen molar-refractivity contribution in [3.05, 3.63) is 93.7 Å². The second-order valence-electron chi connectivity index (χ2n) is 8.39. The minimum atomic E-state index is -0.403. The van der Waals surface area contributed by atoms with E-state index in [1.807, 2.05) is 59.3 Å². The maximum atomic E-state index is 6.68. The summed E-state index contributed by atoms with van der Waals surface area (Å²) in [5, 5.41) is 8.10. The molecule has 0 unspecified atom stereocenters. The molecule has 0 radical (unpaired) electrons. The summed E-state index contributed by atoms with van der Waals surface area (Å²) in [5.41, 5.74) is 4.87. The predicted molar refractivity (Wildman–Crippen MR) is 139 cm³/mol. The number of halogens is 1. The number of hydrogen-bond donors (Lipinski definition) is 1. The van der Waals surface area contributed by atoms with Crippen LogP contribution < -0.4 is 24.3 Å². The van der Waals surface area contributed by atoms with Crippen LogP contribution in [0.3, 0.4) is 0 Å². The van der Waals surface area contributed by atoms with Gasteiger partial charge in [-0.1, -0.05) is 24.3 Å². The molecule has 8 nitrogen and oxygen atoms in total. The number of methoxy groups -OCH3 is 3. The minimum absolute atomic E-state index is 0.308. The zero-order valence-electron chi connectivity index (χ0n) is 19.9. The highest BCUT2D eigenvalue weighted by molar-refractivity contribution is 9.10. The lowest BCUT2D eigenvalue weighted by Gasteiger charge is -2.39. The third kappa shape index (κ3) is 3.50. The normalized spacial score (nSPS) is 17.8. The Bertz CT molecular complexity index is 1500. The van der Waals surface area contributed by atoms with Gasteiger partial charge in [0.15, 0.2) is 11.5 Å². The van der Waals surface area contributed by atoms with E-state index in [0.717, 1.165) is 43.9 Å². The summed E-state index contributed by atoms with van der Waals surface area (Å²) in [6.07, 6.45) is 1.15. The highest BCUT2D eigenvalue weighted by atomic mass is 79.9. The van der Waals surface area contributed by atoms with Crippen LogP contribution in [0.4, 0.5) is 5.95 Å². The molecule has 182 valence electrons. The number of hydrogen-bond acceptors (Lipinski definition) is 7. The molecule has 2 atom stereocenters. The average Bonchev–Trinajstić information content (AvgIpc) is 3.39. The van der Waals surface area contributed by atoms with Crippen molar-refractivity contribution >= 4 is 27.6 Å². The Labute approximate surface area is 216 Å². The fraction of sp³-hybridized carbons (Fsp3) is 0.185. The molecule has 2 aliphatic heterocycles. The Balaban J connectivity index is 1.60. The van der Waals surface area contributed by atoms with E-state index in [2.05, 4.69) is 37.4 Å². The van der Waals surface area contributed by atoms with Gasteiger partial charge in [0.05, 0.1) is 31.5 Å². The van der Waals surface area contributed by atoms with Crippen molar-refractivity contribution in [3.63, 3.8) is 0 Å². The maximum Gasteiger partial charge on any atom is 0.226 e. The van der Waals surface area contributed by atoms with E-state index in [0.29, 0.717) is 17.4 Å². The molecule has 4 aromatic rings. The molecule has 2 aliphatic rings. The van der Waals surface area contributed by atoms with Gasteiger partial charge < -0.3 is 24.3 Å². The Kier molecular flexibility index (Phi) is 5.56. The van der Waals surface area contributed by atoms with E-state index < -0.39 is 6.10 Å². The van der Waals surface area contributed by atoms with Crippen LogP contribution >= 0.6 is 15.9 Å². The van der Waals surface area contributed by atoms with Crippen LogP contribution in [0.25, 0.3) is 5.70 Å². The number of nitrogens with one attached hydrogen (secondary N) is 1. The smallest absolute Gasteiger partial charge is 0.226 e. The molecule has 0 spiro atoms. The molecule has 0 saturated carbocycles. The van der Waals surface area contributed by atoms with Crippen molar-refractivity contribution in [2.45, 2.75) is 12.1 Å². The van der Waals surface area contributed by atoms with Gasteiger partial charge in [0.2, 0.25) is 5.95 Å². The average molecular weight is 547 g/mol. The van der Waals surface area contributed by atoms with Crippen molar-refractivity contribution in [2.75, 3.05) is 26.6 Å². The number of rotatable bonds is 5. The Morgan fingerprint density at radius 1 is 0.889 bits per heavy atom. The summed E-state index contributed by atoms with van der Waals surface area (Å²) in [6.45, 7) is 0. The van der Waals surface area contributed by atoms with Gasteiger partial charge in [-0.15, -0.1) is 0 Å². The first-order valence-corrected chi connectivity index (χ1v) is 12.1. The second-order valence-corrected chi connectivity index (χ2v) is 9.24. The summed E-state index contributed by atoms with van der Waals surface area (Å²) in [5.74, 6) is 3.49. The fourth-order valence-corrected chi connectivity index (χ4v) is 5.44. The van der Waals surface area contributed by atoms with Gasteiger partial charge in [0, 0.05) is 11.1 Å². The Morgan fingerprint density at radius 3 is 2.42 bits per heavy atom. The standard InChI is InChI=1S/C27H23BrN4O4/c1-33-20-10-9-16(12-18(20)28)26-23-24(17-6-4-5-7-19(17)36-26)31-27-29-14-30-32(27)25(23)15-8-11-21(34-2)22(13-15)35-3/h4-14,25-26H,1-3H3,(H,29,30,31)/t25-,26-/m1/s1. The first kappa shape index (κ1) is 22.5. The van der Waals surface area contributed by atoms with Crippen molar-refractivity contribution in [1.29, 1.82) is 0 Å². The molecule has 0 amide bonds. The van der Waals surface area contributed by atoms with Crippen molar-refractivity contribution in [1.82, 2.24) is 14.8 Å². The van der Waals surface area contributed by atoms with Crippen molar-refractivity contribution in [3.8, 4) is 23.0 Å². The Morgan fingerprint density at radius 2 is 1.64 bits per heavy atom. The molecule has 0 aliphatic carbocycles. The molecule has 6 rings (SSSR count). The van der Waals surface area contributed by atoms with Crippen LogP contribution in [-0.2, 0) is 0 Å². The number of para-hydroxylation sites is 1. The van der Waals surface area contributed by atoms with Crippen LogP contribution in [0.2, 0.25) is 0 Å². The zero-order valence-corrected chi connectivity index (χ0v) is 21.4. The number of fused-ring (bicyclic) bond motifs is 3. The molecule has 0 fully saturated rings. The first-order valence-electron chi connectivity index (χ1n) is 11.3. The van der Waals surface area contributed by atoms with Gasteiger partial charge in [0.25, 0.3) is 0 Å². The third-order valence-electron chi connectivity index (χ3n) is 6.52. The molecular formula is C27H23BrN4O4. The van der Waals surface area contributed by atoms with E-state index in [9.17, 15) is 0 Å². The van der Waals surface area contributed by atoms with Gasteiger partial charge in [-0.2, -0.15) is 10.1 Å². The summed E-state index contributed by atoms with van der Waals surface area (Å²) in [4.78, 5) is 4.49.